The van der Waals surface area contributed by atoms with Gasteiger partial charge in [-0.15, -0.1) is 12.4 Å². The van der Waals surface area contributed by atoms with E-state index >= 15 is 0 Å². The van der Waals surface area contributed by atoms with E-state index in [9.17, 15) is 4.79 Å². The van der Waals surface area contributed by atoms with Crippen molar-refractivity contribution in [2.24, 2.45) is 0 Å². The molecule has 24 heavy (non-hydrogen) atoms. The molecule has 3 heteroatoms. The van der Waals surface area contributed by atoms with Crippen molar-refractivity contribution in [1.29, 1.82) is 0 Å². The van der Waals surface area contributed by atoms with E-state index in [0.29, 0.717) is 0 Å². The van der Waals surface area contributed by atoms with Crippen LogP contribution in [0.4, 0.5) is 0 Å². The molecule has 0 amide bonds. The second-order valence-corrected chi connectivity index (χ2v) is 6.22. The van der Waals surface area contributed by atoms with Crippen LogP contribution in [0.3, 0.4) is 0 Å². The molecule has 1 aromatic heterocycles. The first-order chi connectivity index (χ1) is 11.4. The van der Waals surface area contributed by atoms with Gasteiger partial charge in [0.05, 0.1) is 0 Å². The molecule has 0 aromatic carbocycles. The quantitative estimate of drug-likeness (QED) is 0.261. The first kappa shape index (κ1) is 25.4. The maximum Gasteiger partial charge on any atom is 0.119 e. The average Bonchev–Trinajstić information content (AvgIpc) is 2.61. The first-order valence-electron chi connectivity index (χ1n) is 9.70. The molecule has 2 nitrogen and oxygen atoms in total. The van der Waals surface area contributed by atoms with Gasteiger partial charge in [0.25, 0.3) is 0 Å². The van der Waals surface area contributed by atoms with Gasteiger partial charge < -0.3 is 4.79 Å². The van der Waals surface area contributed by atoms with E-state index in [1.54, 1.807) is 12.4 Å². The van der Waals surface area contributed by atoms with Crippen LogP contribution in [0.1, 0.15) is 96.8 Å². The number of halogens is 1. The lowest BCUT2D eigenvalue weighted by molar-refractivity contribution is -0.107. The van der Waals surface area contributed by atoms with Crippen molar-refractivity contribution in [3.8, 4) is 0 Å². The van der Waals surface area contributed by atoms with Gasteiger partial charge in [0.15, 0.2) is 0 Å². The zero-order chi connectivity index (χ0) is 16.8. The predicted octanol–water partition coefficient (Wildman–Crippen LogP) is 7.17. The van der Waals surface area contributed by atoms with Crippen LogP contribution in [0.15, 0.2) is 30.6 Å². The van der Waals surface area contributed by atoms with E-state index in [4.69, 9.17) is 0 Å². The van der Waals surface area contributed by atoms with Crippen molar-refractivity contribution in [1.82, 2.24) is 4.98 Å². The molecule has 0 aliphatic rings. The van der Waals surface area contributed by atoms with E-state index < -0.39 is 0 Å². The van der Waals surface area contributed by atoms with Crippen molar-refractivity contribution in [3.05, 3.63) is 30.6 Å². The number of unbranched alkanes of at least 4 members (excludes halogenated alkanes) is 13. The Morgan fingerprint density at radius 2 is 1.08 bits per heavy atom. The third-order valence-corrected chi connectivity index (χ3v) is 3.99. The number of hydrogen-bond donors (Lipinski definition) is 0. The molecule has 0 bridgehead atoms. The summed E-state index contributed by atoms with van der Waals surface area (Å²) in [6, 6.07) is 5.72. The molecule has 0 spiro atoms. The molecular formula is C21H38ClNO. The highest BCUT2D eigenvalue weighted by molar-refractivity contribution is 5.85. The van der Waals surface area contributed by atoms with E-state index in [1.165, 1.54) is 77.0 Å². The van der Waals surface area contributed by atoms with Crippen LogP contribution in [0.5, 0.6) is 0 Å². The Labute approximate surface area is 156 Å². The summed E-state index contributed by atoms with van der Waals surface area (Å²) in [5.41, 5.74) is 0. The molecule has 0 radical (unpaired) electrons. The fraction of sp³-hybridized carbons (Fsp3) is 0.714. The molecule has 1 rings (SSSR count). The monoisotopic (exact) mass is 355 g/mol. The molecule has 0 aliphatic carbocycles. The Hall–Kier alpha value is -0.890. The van der Waals surface area contributed by atoms with Crippen molar-refractivity contribution in [2.75, 3.05) is 0 Å². The van der Waals surface area contributed by atoms with Gasteiger partial charge in [0.1, 0.15) is 6.29 Å². The predicted molar refractivity (Wildman–Crippen MR) is 108 cm³/mol. The van der Waals surface area contributed by atoms with Gasteiger partial charge in [-0.2, -0.15) is 0 Å². The molecule has 0 atom stereocenters. The minimum Gasteiger partial charge on any atom is -0.303 e. The SMILES string of the molecule is CCCCCCCCCCCCCCCC=O.Cl.c1ccncc1. The molecule has 0 unspecified atom stereocenters. The lowest BCUT2D eigenvalue weighted by atomic mass is 10.0. The maximum atomic E-state index is 10.1. The van der Waals surface area contributed by atoms with Gasteiger partial charge >= 0.3 is 0 Å². The summed E-state index contributed by atoms with van der Waals surface area (Å²) in [4.78, 5) is 13.9. The summed E-state index contributed by atoms with van der Waals surface area (Å²) in [7, 11) is 0. The van der Waals surface area contributed by atoms with Crippen LogP contribution in [0.25, 0.3) is 0 Å². The largest absolute Gasteiger partial charge is 0.303 e. The molecule has 0 saturated heterocycles. The minimum absolute atomic E-state index is 0. The molecular weight excluding hydrogens is 318 g/mol. The Morgan fingerprint density at radius 3 is 1.38 bits per heavy atom. The van der Waals surface area contributed by atoms with Gasteiger partial charge in [-0.1, -0.05) is 90.0 Å². The molecule has 1 heterocycles. The van der Waals surface area contributed by atoms with E-state index in [1.807, 2.05) is 18.2 Å². The van der Waals surface area contributed by atoms with Crippen LogP contribution in [-0.2, 0) is 4.79 Å². The zero-order valence-corrected chi connectivity index (χ0v) is 16.4. The highest BCUT2D eigenvalue weighted by Crippen LogP contribution is 2.12. The third-order valence-electron chi connectivity index (χ3n) is 3.99. The molecule has 0 fully saturated rings. The molecule has 0 N–H and O–H groups in total. The standard InChI is InChI=1S/C16H32O.C5H5N.ClH/c1-2-3-4-5-6-7-8-9-10-11-12-13-14-15-16-17;1-2-4-6-5-3-1;/h16H,2-15H2,1H3;1-5H;1H. The van der Waals surface area contributed by atoms with Crippen LogP contribution in [0, 0.1) is 0 Å². The van der Waals surface area contributed by atoms with Gasteiger partial charge in [-0.05, 0) is 18.6 Å². The Morgan fingerprint density at radius 1 is 0.667 bits per heavy atom. The number of rotatable bonds is 14. The Balaban J connectivity index is 0. The van der Waals surface area contributed by atoms with Gasteiger partial charge in [-0.3, -0.25) is 4.98 Å². The number of hydrogen-bond acceptors (Lipinski definition) is 2. The van der Waals surface area contributed by atoms with E-state index in [0.717, 1.165) is 19.1 Å². The van der Waals surface area contributed by atoms with Crippen LogP contribution < -0.4 is 0 Å². The average molecular weight is 356 g/mol. The van der Waals surface area contributed by atoms with Crippen molar-refractivity contribution in [2.45, 2.75) is 96.8 Å². The molecule has 0 aliphatic heterocycles. The van der Waals surface area contributed by atoms with Gasteiger partial charge in [0, 0.05) is 18.8 Å². The summed E-state index contributed by atoms with van der Waals surface area (Å²) in [5, 5.41) is 0. The smallest absolute Gasteiger partial charge is 0.119 e. The first-order valence-corrected chi connectivity index (χ1v) is 9.70. The summed E-state index contributed by atoms with van der Waals surface area (Å²) in [6.45, 7) is 2.27. The van der Waals surface area contributed by atoms with Gasteiger partial charge in [0.2, 0.25) is 0 Å². The second kappa shape index (κ2) is 24.4. The van der Waals surface area contributed by atoms with E-state index in [-0.39, 0.29) is 12.4 Å². The molecule has 140 valence electrons. The number of carbonyl (C=O) groups excluding carboxylic acids is 1. The molecule has 1 aromatic rings. The Kier molecular flexibility index (Phi) is 25.7. The third kappa shape index (κ3) is 23.4. The highest BCUT2D eigenvalue weighted by atomic mass is 35.5. The second-order valence-electron chi connectivity index (χ2n) is 6.22. The fourth-order valence-corrected chi connectivity index (χ4v) is 2.56. The van der Waals surface area contributed by atoms with Gasteiger partial charge in [-0.25, -0.2) is 0 Å². The van der Waals surface area contributed by atoms with Crippen LogP contribution >= 0.6 is 12.4 Å². The van der Waals surface area contributed by atoms with Crippen LogP contribution in [0.2, 0.25) is 0 Å². The number of aldehydes is 1. The summed E-state index contributed by atoms with van der Waals surface area (Å²) >= 11 is 0. The number of carbonyl (C=O) groups is 1. The minimum atomic E-state index is 0. The Bertz CT molecular complexity index is 292. The lowest BCUT2D eigenvalue weighted by Crippen LogP contribution is -1.83. The van der Waals surface area contributed by atoms with Crippen LogP contribution in [-0.4, -0.2) is 11.3 Å². The van der Waals surface area contributed by atoms with Crippen molar-refractivity contribution < 1.29 is 4.79 Å². The van der Waals surface area contributed by atoms with Crippen molar-refractivity contribution in [3.63, 3.8) is 0 Å². The maximum absolute atomic E-state index is 10.1. The topological polar surface area (TPSA) is 30.0 Å². The summed E-state index contributed by atoms with van der Waals surface area (Å²) in [5.74, 6) is 0. The van der Waals surface area contributed by atoms with Crippen molar-refractivity contribution >= 4 is 18.7 Å². The highest BCUT2D eigenvalue weighted by Gasteiger charge is 1.93. The number of pyridine rings is 1. The number of aromatic nitrogens is 1. The number of nitrogens with zero attached hydrogens (tertiary/aromatic N) is 1. The lowest BCUT2D eigenvalue weighted by Gasteiger charge is -2.02. The van der Waals surface area contributed by atoms with E-state index in [2.05, 4.69) is 11.9 Å². The molecule has 0 saturated carbocycles. The fourth-order valence-electron chi connectivity index (χ4n) is 2.56. The zero-order valence-electron chi connectivity index (χ0n) is 15.6. The summed E-state index contributed by atoms with van der Waals surface area (Å²) < 4.78 is 0. The normalized spacial score (nSPS) is 9.54. The summed E-state index contributed by atoms with van der Waals surface area (Å²) in [6.07, 6.45) is 23.1.